The van der Waals surface area contributed by atoms with E-state index in [9.17, 15) is 5.11 Å². The number of hydrogen-bond donors (Lipinski definition) is 2. The molecule has 0 saturated carbocycles. The lowest BCUT2D eigenvalue weighted by molar-refractivity contribution is 0.134. The molecule has 1 rings (SSSR count). The molecule has 90 valence electrons. The molecular formula is C12H21N3O. The second-order valence-corrected chi connectivity index (χ2v) is 4.31. The third-order valence-electron chi connectivity index (χ3n) is 2.37. The van der Waals surface area contributed by atoms with Crippen molar-refractivity contribution in [1.29, 1.82) is 0 Å². The zero-order valence-corrected chi connectivity index (χ0v) is 10.3. The first-order valence-corrected chi connectivity index (χ1v) is 5.53. The fraction of sp³-hybridized carbons (Fsp3) is 0.583. The molecule has 1 atom stereocenters. The number of aliphatic hydroxyl groups is 1. The average molecular weight is 223 g/mol. The first-order valence-electron chi connectivity index (χ1n) is 5.53. The van der Waals surface area contributed by atoms with Gasteiger partial charge in [0, 0.05) is 25.8 Å². The highest BCUT2D eigenvalue weighted by molar-refractivity contribution is 5.17. The predicted octanol–water partition coefficient (Wildman–Crippen LogP) is 0.402. The van der Waals surface area contributed by atoms with Crippen LogP contribution in [0.25, 0.3) is 0 Å². The highest BCUT2D eigenvalue weighted by Crippen LogP contribution is 2.01. The number of aliphatic hydroxyl groups excluding tert-OH is 1. The van der Waals surface area contributed by atoms with Crippen LogP contribution >= 0.6 is 0 Å². The van der Waals surface area contributed by atoms with Gasteiger partial charge in [0.25, 0.3) is 0 Å². The van der Waals surface area contributed by atoms with E-state index in [0.717, 1.165) is 5.69 Å². The monoisotopic (exact) mass is 223 g/mol. The Balaban J connectivity index is 2.28. The Labute approximate surface area is 97.3 Å². The van der Waals surface area contributed by atoms with Gasteiger partial charge >= 0.3 is 0 Å². The summed E-state index contributed by atoms with van der Waals surface area (Å²) in [5, 5.41) is 12.9. The quantitative estimate of drug-likeness (QED) is 0.733. The Hall–Kier alpha value is -0.970. The molecule has 0 fully saturated rings. The number of likely N-dealkylation sites (N-methyl/N-ethyl adjacent to an activating group) is 1. The van der Waals surface area contributed by atoms with E-state index in [-0.39, 0.29) is 6.10 Å². The van der Waals surface area contributed by atoms with Crippen LogP contribution in [0.5, 0.6) is 0 Å². The summed E-state index contributed by atoms with van der Waals surface area (Å²) >= 11 is 0. The van der Waals surface area contributed by atoms with Crippen molar-refractivity contribution in [2.75, 3.05) is 27.2 Å². The van der Waals surface area contributed by atoms with Crippen molar-refractivity contribution in [2.45, 2.75) is 19.6 Å². The van der Waals surface area contributed by atoms with E-state index in [0.29, 0.717) is 19.6 Å². The summed E-state index contributed by atoms with van der Waals surface area (Å²) in [6.45, 7) is 4.01. The van der Waals surface area contributed by atoms with Crippen molar-refractivity contribution in [3.8, 4) is 0 Å². The third-order valence-corrected chi connectivity index (χ3v) is 2.37. The molecule has 16 heavy (non-hydrogen) atoms. The van der Waals surface area contributed by atoms with Crippen LogP contribution < -0.4 is 5.32 Å². The molecule has 0 aliphatic carbocycles. The first kappa shape index (κ1) is 13.1. The number of nitrogens with zero attached hydrogens (tertiary/aromatic N) is 2. The molecule has 1 unspecified atom stereocenters. The number of aromatic nitrogens is 1. The van der Waals surface area contributed by atoms with Crippen LogP contribution in [0.2, 0.25) is 0 Å². The molecule has 2 N–H and O–H groups in total. The molecule has 0 amide bonds. The molecule has 0 spiro atoms. The van der Waals surface area contributed by atoms with Crippen molar-refractivity contribution < 1.29 is 5.11 Å². The molecule has 0 saturated heterocycles. The van der Waals surface area contributed by atoms with Crippen LogP contribution in [0.15, 0.2) is 18.3 Å². The minimum absolute atomic E-state index is 0.334. The molecular weight excluding hydrogens is 202 g/mol. The topological polar surface area (TPSA) is 48.4 Å². The van der Waals surface area contributed by atoms with Crippen LogP contribution in [-0.2, 0) is 6.54 Å². The van der Waals surface area contributed by atoms with Crippen molar-refractivity contribution in [3.63, 3.8) is 0 Å². The maximum Gasteiger partial charge on any atom is 0.0791 e. The van der Waals surface area contributed by atoms with Gasteiger partial charge in [0.1, 0.15) is 0 Å². The minimum atomic E-state index is -0.334. The molecule has 0 aliphatic rings. The molecule has 1 aromatic heterocycles. The van der Waals surface area contributed by atoms with E-state index in [1.807, 2.05) is 38.1 Å². The van der Waals surface area contributed by atoms with Gasteiger partial charge in [-0.3, -0.25) is 4.98 Å². The lowest BCUT2D eigenvalue weighted by Gasteiger charge is -2.16. The average Bonchev–Trinajstić information content (AvgIpc) is 2.19. The lowest BCUT2D eigenvalue weighted by atomic mass is 10.2. The fourth-order valence-corrected chi connectivity index (χ4v) is 1.55. The summed E-state index contributed by atoms with van der Waals surface area (Å²) in [5.74, 6) is 0. The van der Waals surface area contributed by atoms with Gasteiger partial charge in [-0.05, 0) is 32.6 Å². The van der Waals surface area contributed by atoms with Gasteiger partial charge in [-0.25, -0.2) is 0 Å². The van der Waals surface area contributed by atoms with Gasteiger partial charge in [-0.15, -0.1) is 0 Å². The van der Waals surface area contributed by atoms with Crippen LogP contribution in [0.3, 0.4) is 0 Å². The summed E-state index contributed by atoms with van der Waals surface area (Å²) in [6, 6.07) is 3.97. The van der Waals surface area contributed by atoms with Gasteiger partial charge in [0.05, 0.1) is 11.8 Å². The van der Waals surface area contributed by atoms with Crippen molar-refractivity contribution in [1.82, 2.24) is 15.2 Å². The third kappa shape index (κ3) is 4.70. The van der Waals surface area contributed by atoms with Gasteiger partial charge < -0.3 is 15.3 Å². The van der Waals surface area contributed by atoms with Crippen molar-refractivity contribution >= 4 is 0 Å². The molecule has 0 radical (unpaired) electrons. The minimum Gasteiger partial charge on any atom is -0.390 e. The maximum atomic E-state index is 9.64. The molecule has 0 aromatic carbocycles. The summed E-state index contributed by atoms with van der Waals surface area (Å²) in [7, 11) is 3.90. The van der Waals surface area contributed by atoms with E-state index in [1.54, 1.807) is 6.20 Å². The standard InChI is InChI=1S/C12H21N3O/c1-10-5-4-6-14-12(10)8-13-7-11(16)9-15(2)3/h4-6,11,13,16H,7-9H2,1-3H3. The van der Waals surface area contributed by atoms with Gasteiger partial charge in [0.2, 0.25) is 0 Å². The summed E-state index contributed by atoms with van der Waals surface area (Å²) in [6.07, 6.45) is 1.46. The normalized spacial score (nSPS) is 13.1. The Bertz CT molecular complexity index is 315. The molecule has 1 aromatic rings. The van der Waals surface area contributed by atoms with Crippen molar-refractivity contribution in [2.24, 2.45) is 0 Å². The van der Waals surface area contributed by atoms with Crippen LogP contribution in [0.4, 0.5) is 0 Å². The van der Waals surface area contributed by atoms with Crippen LogP contribution in [0.1, 0.15) is 11.3 Å². The van der Waals surface area contributed by atoms with Gasteiger partial charge in [-0.2, -0.15) is 0 Å². The zero-order chi connectivity index (χ0) is 12.0. The summed E-state index contributed by atoms with van der Waals surface area (Å²) in [5.41, 5.74) is 2.22. The van der Waals surface area contributed by atoms with E-state index in [4.69, 9.17) is 0 Å². The largest absolute Gasteiger partial charge is 0.390 e. The molecule has 0 bridgehead atoms. The van der Waals surface area contributed by atoms with E-state index >= 15 is 0 Å². The second-order valence-electron chi connectivity index (χ2n) is 4.31. The number of aryl methyl sites for hydroxylation is 1. The Morgan fingerprint density at radius 1 is 1.50 bits per heavy atom. The predicted molar refractivity (Wildman–Crippen MR) is 65.2 cm³/mol. The molecule has 4 heteroatoms. The fourth-order valence-electron chi connectivity index (χ4n) is 1.55. The summed E-state index contributed by atoms with van der Waals surface area (Å²) in [4.78, 5) is 6.25. The second kappa shape index (κ2) is 6.58. The zero-order valence-electron chi connectivity index (χ0n) is 10.3. The Morgan fingerprint density at radius 2 is 2.25 bits per heavy atom. The Kier molecular flexibility index (Phi) is 5.38. The Morgan fingerprint density at radius 3 is 2.88 bits per heavy atom. The number of hydrogen-bond acceptors (Lipinski definition) is 4. The van der Waals surface area contributed by atoms with Crippen LogP contribution in [-0.4, -0.2) is 48.3 Å². The molecule has 4 nitrogen and oxygen atoms in total. The summed E-state index contributed by atoms with van der Waals surface area (Å²) < 4.78 is 0. The highest BCUT2D eigenvalue weighted by Gasteiger charge is 2.05. The number of nitrogens with one attached hydrogen (secondary N) is 1. The first-order chi connectivity index (χ1) is 7.59. The van der Waals surface area contributed by atoms with Crippen molar-refractivity contribution in [3.05, 3.63) is 29.6 Å². The van der Waals surface area contributed by atoms with E-state index < -0.39 is 0 Å². The number of pyridine rings is 1. The smallest absolute Gasteiger partial charge is 0.0791 e. The SMILES string of the molecule is Cc1cccnc1CNCC(O)CN(C)C. The lowest BCUT2D eigenvalue weighted by Crippen LogP contribution is -2.34. The molecule has 0 aliphatic heterocycles. The van der Waals surface area contributed by atoms with Gasteiger partial charge in [0.15, 0.2) is 0 Å². The van der Waals surface area contributed by atoms with Crippen LogP contribution in [0, 0.1) is 6.92 Å². The van der Waals surface area contributed by atoms with E-state index in [1.165, 1.54) is 5.56 Å². The van der Waals surface area contributed by atoms with E-state index in [2.05, 4.69) is 10.3 Å². The molecule has 1 heterocycles. The number of rotatable bonds is 6. The maximum absolute atomic E-state index is 9.64. The van der Waals surface area contributed by atoms with Gasteiger partial charge in [-0.1, -0.05) is 6.07 Å². The highest BCUT2D eigenvalue weighted by atomic mass is 16.3.